The molecular formula is C23H30N2O3. The molecule has 0 saturated carbocycles. The third-order valence-electron chi connectivity index (χ3n) is 6.12. The molecule has 0 fully saturated rings. The molecule has 5 heteroatoms. The summed E-state index contributed by atoms with van der Waals surface area (Å²) in [5.41, 5.74) is 12.1. The summed E-state index contributed by atoms with van der Waals surface area (Å²) in [7, 11) is 3.25. The maximum atomic E-state index is 12.7. The van der Waals surface area contributed by atoms with E-state index in [4.69, 9.17) is 10.5 Å². The largest absolute Gasteiger partial charge is 0.469 e. The number of hydrogen-bond acceptors (Lipinski definition) is 5. The Morgan fingerprint density at radius 2 is 2.04 bits per heavy atom. The number of nitrogens with one attached hydrogen (secondary N) is 1. The molecule has 2 aromatic rings. The van der Waals surface area contributed by atoms with E-state index < -0.39 is 11.5 Å². The monoisotopic (exact) mass is 382 g/mol. The van der Waals surface area contributed by atoms with Gasteiger partial charge in [-0.1, -0.05) is 24.3 Å². The highest BCUT2D eigenvalue weighted by atomic mass is 16.5. The fraction of sp³-hybridized carbons (Fsp3) is 0.435. The molecule has 0 bridgehead atoms. The van der Waals surface area contributed by atoms with E-state index in [0.717, 1.165) is 40.8 Å². The van der Waals surface area contributed by atoms with E-state index in [1.54, 1.807) is 0 Å². The third kappa shape index (κ3) is 3.24. The molecule has 4 N–H and O–H groups in total. The summed E-state index contributed by atoms with van der Waals surface area (Å²) in [6, 6.07) is 10.1. The van der Waals surface area contributed by atoms with Gasteiger partial charge in [0.1, 0.15) is 0 Å². The lowest BCUT2D eigenvalue weighted by molar-refractivity contribution is -0.151. The zero-order chi connectivity index (χ0) is 20.6. The van der Waals surface area contributed by atoms with Crippen LogP contribution in [0.2, 0.25) is 0 Å². The van der Waals surface area contributed by atoms with Crippen LogP contribution in [-0.2, 0) is 16.0 Å². The van der Waals surface area contributed by atoms with E-state index in [2.05, 4.69) is 17.4 Å². The van der Waals surface area contributed by atoms with Gasteiger partial charge in [-0.2, -0.15) is 0 Å². The standard InChI is InChI=1S/C23H30N2O3/c1-13-16(9-10-18(25-4)21(13)24)20(23(2,3)22(27)28-5)15-7-6-14-8-11-19(26)17(14)12-15/h6-7,9-10,12,19-20,25-26H,8,11,24H2,1-5H3. The third-order valence-corrected chi connectivity index (χ3v) is 6.12. The van der Waals surface area contributed by atoms with Crippen molar-refractivity contribution >= 4 is 17.3 Å². The lowest BCUT2D eigenvalue weighted by atomic mass is 9.69. The molecule has 150 valence electrons. The first kappa shape index (κ1) is 20.2. The molecule has 0 radical (unpaired) electrons. The van der Waals surface area contributed by atoms with Crippen molar-refractivity contribution in [1.29, 1.82) is 0 Å². The van der Waals surface area contributed by atoms with E-state index in [1.807, 2.05) is 46.0 Å². The molecule has 1 aliphatic rings. The predicted octanol–water partition coefficient (Wildman–Crippen LogP) is 3.93. The summed E-state index contributed by atoms with van der Waals surface area (Å²) >= 11 is 0. The number of methoxy groups -OCH3 is 1. The second-order valence-corrected chi connectivity index (χ2v) is 8.15. The van der Waals surface area contributed by atoms with Crippen molar-refractivity contribution in [1.82, 2.24) is 0 Å². The number of nitrogens with two attached hydrogens (primary N) is 1. The molecule has 0 saturated heterocycles. The Morgan fingerprint density at radius 1 is 1.32 bits per heavy atom. The van der Waals surface area contributed by atoms with Gasteiger partial charge in [-0.15, -0.1) is 0 Å². The number of nitrogen functional groups attached to an aromatic ring is 1. The van der Waals surface area contributed by atoms with Gasteiger partial charge in [0.15, 0.2) is 0 Å². The molecule has 2 unspecified atom stereocenters. The quantitative estimate of drug-likeness (QED) is 0.539. The molecule has 2 aromatic carbocycles. The van der Waals surface area contributed by atoms with Crippen molar-refractivity contribution < 1.29 is 14.6 Å². The first-order valence-electron chi connectivity index (χ1n) is 9.68. The Labute approximate surface area is 166 Å². The number of fused-ring (bicyclic) bond motifs is 1. The number of carbonyl (C=O) groups is 1. The molecule has 0 amide bonds. The van der Waals surface area contributed by atoms with Gasteiger partial charge in [0, 0.05) is 13.0 Å². The van der Waals surface area contributed by atoms with Gasteiger partial charge in [0.05, 0.1) is 30.0 Å². The fourth-order valence-corrected chi connectivity index (χ4v) is 4.42. The lowest BCUT2D eigenvalue weighted by Gasteiger charge is -2.34. The first-order chi connectivity index (χ1) is 13.2. The number of anilines is 2. The van der Waals surface area contributed by atoms with E-state index in [9.17, 15) is 9.90 Å². The summed E-state index contributed by atoms with van der Waals surface area (Å²) in [4.78, 5) is 12.7. The van der Waals surface area contributed by atoms with Crippen LogP contribution in [0.1, 0.15) is 60.1 Å². The van der Waals surface area contributed by atoms with Crippen molar-refractivity contribution in [2.45, 2.75) is 45.6 Å². The van der Waals surface area contributed by atoms with Gasteiger partial charge >= 0.3 is 5.97 Å². The average Bonchev–Trinajstić information content (AvgIpc) is 3.05. The Balaban J connectivity index is 2.22. The molecule has 0 aliphatic heterocycles. The number of aryl methyl sites for hydroxylation is 1. The van der Waals surface area contributed by atoms with Crippen molar-refractivity contribution in [3.8, 4) is 0 Å². The van der Waals surface area contributed by atoms with Crippen LogP contribution in [0.3, 0.4) is 0 Å². The number of rotatable bonds is 5. The number of benzene rings is 2. The van der Waals surface area contributed by atoms with Crippen LogP contribution >= 0.6 is 0 Å². The smallest absolute Gasteiger partial charge is 0.312 e. The van der Waals surface area contributed by atoms with Crippen molar-refractivity contribution in [3.63, 3.8) is 0 Å². The minimum Gasteiger partial charge on any atom is -0.469 e. The maximum Gasteiger partial charge on any atom is 0.312 e. The minimum atomic E-state index is -0.815. The van der Waals surface area contributed by atoms with Crippen LogP contribution in [0.4, 0.5) is 11.4 Å². The summed E-state index contributed by atoms with van der Waals surface area (Å²) in [5, 5.41) is 13.5. The number of aliphatic hydroxyl groups is 1. The molecular weight excluding hydrogens is 352 g/mol. The van der Waals surface area contributed by atoms with E-state index in [-0.39, 0.29) is 11.9 Å². The summed E-state index contributed by atoms with van der Waals surface area (Å²) in [5.74, 6) is -0.541. The highest BCUT2D eigenvalue weighted by Crippen LogP contribution is 2.46. The first-order valence-corrected chi connectivity index (χ1v) is 9.68. The number of hydrogen-bond donors (Lipinski definition) is 3. The van der Waals surface area contributed by atoms with E-state index in [1.165, 1.54) is 12.7 Å². The zero-order valence-corrected chi connectivity index (χ0v) is 17.3. The molecule has 0 aromatic heterocycles. The highest BCUT2D eigenvalue weighted by molar-refractivity contribution is 5.79. The van der Waals surface area contributed by atoms with Crippen molar-refractivity contribution in [2.75, 3.05) is 25.2 Å². The molecule has 0 heterocycles. The van der Waals surface area contributed by atoms with Crippen molar-refractivity contribution in [3.05, 3.63) is 58.1 Å². The van der Waals surface area contributed by atoms with Gasteiger partial charge in [-0.05, 0) is 67.5 Å². The van der Waals surface area contributed by atoms with Crippen LogP contribution in [0, 0.1) is 12.3 Å². The van der Waals surface area contributed by atoms with Crippen LogP contribution in [0.5, 0.6) is 0 Å². The number of esters is 1. The Bertz CT molecular complexity index is 905. The fourth-order valence-electron chi connectivity index (χ4n) is 4.42. The molecule has 1 aliphatic carbocycles. The van der Waals surface area contributed by atoms with Gasteiger partial charge in [-0.25, -0.2) is 0 Å². The predicted molar refractivity (Wildman–Crippen MR) is 113 cm³/mol. The Hall–Kier alpha value is -2.53. The number of carbonyl (C=O) groups excluding carboxylic acids is 1. The topological polar surface area (TPSA) is 84.6 Å². The number of ether oxygens (including phenoxy) is 1. The normalized spacial score (nSPS) is 17.1. The van der Waals surface area contributed by atoms with Crippen LogP contribution in [0.25, 0.3) is 0 Å². The van der Waals surface area contributed by atoms with Crippen molar-refractivity contribution in [2.24, 2.45) is 5.41 Å². The SMILES string of the molecule is CNc1ccc(C(c2ccc3c(c2)C(O)CC3)C(C)(C)C(=O)OC)c(C)c1N. The molecule has 0 spiro atoms. The van der Waals surface area contributed by atoms with E-state index >= 15 is 0 Å². The van der Waals surface area contributed by atoms with Gasteiger partial charge < -0.3 is 20.9 Å². The minimum absolute atomic E-state index is 0.258. The van der Waals surface area contributed by atoms with E-state index in [0.29, 0.717) is 5.69 Å². The highest BCUT2D eigenvalue weighted by Gasteiger charge is 2.41. The maximum absolute atomic E-state index is 12.7. The average molecular weight is 383 g/mol. The molecule has 2 atom stereocenters. The number of aliphatic hydroxyl groups excluding tert-OH is 1. The zero-order valence-electron chi connectivity index (χ0n) is 17.3. The second kappa shape index (κ2) is 7.47. The second-order valence-electron chi connectivity index (χ2n) is 8.15. The summed E-state index contributed by atoms with van der Waals surface area (Å²) in [6.07, 6.45) is 1.17. The van der Waals surface area contributed by atoms with Crippen LogP contribution < -0.4 is 11.1 Å². The summed E-state index contributed by atoms with van der Waals surface area (Å²) < 4.78 is 5.14. The molecule has 5 nitrogen and oxygen atoms in total. The Morgan fingerprint density at radius 3 is 2.68 bits per heavy atom. The molecule has 28 heavy (non-hydrogen) atoms. The van der Waals surface area contributed by atoms with Gasteiger partial charge in [0.2, 0.25) is 0 Å². The van der Waals surface area contributed by atoms with Gasteiger partial charge in [0.25, 0.3) is 0 Å². The summed E-state index contributed by atoms with van der Waals surface area (Å²) in [6.45, 7) is 5.78. The van der Waals surface area contributed by atoms with Gasteiger partial charge in [-0.3, -0.25) is 4.79 Å². The Kier molecular flexibility index (Phi) is 5.39. The van der Waals surface area contributed by atoms with Crippen LogP contribution in [0.15, 0.2) is 30.3 Å². The molecule has 3 rings (SSSR count). The lowest BCUT2D eigenvalue weighted by Crippen LogP contribution is -2.34. The van der Waals surface area contributed by atoms with Crippen LogP contribution in [-0.4, -0.2) is 25.2 Å².